The van der Waals surface area contributed by atoms with Crippen molar-refractivity contribution in [2.24, 2.45) is 5.92 Å². The van der Waals surface area contributed by atoms with E-state index in [1.54, 1.807) is 11.8 Å². The minimum Gasteiger partial charge on any atom is -0.399 e. The first-order valence-electron chi connectivity index (χ1n) is 5.80. The molecule has 0 aliphatic heterocycles. The number of nitro groups is 1. The van der Waals surface area contributed by atoms with Crippen LogP contribution in [0, 0.1) is 16.0 Å². The summed E-state index contributed by atoms with van der Waals surface area (Å²) in [5.74, 6) is 0.918. The second-order valence-electron chi connectivity index (χ2n) is 4.40. The number of nitro benzene ring substituents is 1. The molecule has 0 saturated carbocycles. The van der Waals surface area contributed by atoms with E-state index in [0.717, 1.165) is 17.9 Å². The molecular formula is C11H17N3O4S2. The molecule has 112 valence electrons. The number of nitrogens with one attached hydrogen (secondary N) is 1. The fraction of sp³-hybridized carbons (Fsp3) is 0.455. The maximum Gasteiger partial charge on any atom is 0.289 e. The number of benzene rings is 1. The van der Waals surface area contributed by atoms with Crippen molar-refractivity contribution in [1.82, 2.24) is 4.72 Å². The zero-order valence-corrected chi connectivity index (χ0v) is 12.8. The van der Waals surface area contributed by atoms with Gasteiger partial charge in [0.05, 0.1) is 4.92 Å². The number of hydrogen-bond donors (Lipinski definition) is 2. The summed E-state index contributed by atoms with van der Waals surface area (Å²) in [6, 6.07) is 3.49. The summed E-state index contributed by atoms with van der Waals surface area (Å²) in [5.41, 5.74) is 5.19. The van der Waals surface area contributed by atoms with Crippen LogP contribution in [0.3, 0.4) is 0 Å². The first-order valence-corrected chi connectivity index (χ1v) is 8.68. The molecule has 0 bridgehead atoms. The van der Waals surface area contributed by atoms with Crippen LogP contribution in [0.2, 0.25) is 0 Å². The highest BCUT2D eigenvalue weighted by Crippen LogP contribution is 2.25. The van der Waals surface area contributed by atoms with E-state index in [1.807, 2.05) is 13.2 Å². The first-order chi connectivity index (χ1) is 9.27. The molecular weight excluding hydrogens is 302 g/mol. The van der Waals surface area contributed by atoms with Crippen molar-refractivity contribution < 1.29 is 13.3 Å². The van der Waals surface area contributed by atoms with Crippen LogP contribution in [0.25, 0.3) is 0 Å². The lowest BCUT2D eigenvalue weighted by molar-refractivity contribution is -0.387. The second kappa shape index (κ2) is 6.91. The molecule has 9 heteroatoms. The average Bonchev–Trinajstić information content (AvgIpc) is 2.36. The Morgan fingerprint density at radius 1 is 1.50 bits per heavy atom. The summed E-state index contributed by atoms with van der Waals surface area (Å²) in [6.07, 6.45) is 1.92. The van der Waals surface area contributed by atoms with Crippen molar-refractivity contribution >= 4 is 33.2 Å². The van der Waals surface area contributed by atoms with Crippen molar-refractivity contribution in [2.75, 3.05) is 24.3 Å². The Bertz CT molecular complexity index is 589. The Balaban J connectivity index is 3.03. The Labute approximate surface area is 122 Å². The third kappa shape index (κ3) is 4.36. The normalized spacial score (nSPS) is 13.1. The van der Waals surface area contributed by atoms with Gasteiger partial charge in [-0.05, 0) is 30.1 Å². The van der Waals surface area contributed by atoms with Gasteiger partial charge in [0.2, 0.25) is 10.0 Å². The average molecular weight is 319 g/mol. The quantitative estimate of drug-likeness (QED) is 0.446. The molecule has 7 nitrogen and oxygen atoms in total. The summed E-state index contributed by atoms with van der Waals surface area (Å²) in [6.45, 7) is 2.11. The van der Waals surface area contributed by atoms with Gasteiger partial charge in [-0.2, -0.15) is 11.8 Å². The van der Waals surface area contributed by atoms with Gasteiger partial charge in [0.25, 0.3) is 5.69 Å². The van der Waals surface area contributed by atoms with E-state index in [0.29, 0.717) is 0 Å². The van der Waals surface area contributed by atoms with Crippen LogP contribution in [0.5, 0.6) is 0 Å². The predicted octanol–water partition coefficient (Wildman–Crippen LogP) is 1.45. The minimum absolute atomic E-state index is 0.125. The predicted molar refractivity (Wildman–Crippen MR) is 80.2 cm³/mol. The van der Waals surface area contributed by atoms with Crippen LogP contribution in [-0.4, -0.2) is 31.9 Å². The Morgan fingerprint density at radius 2 is 2.15 bits per heavy atom. The van der Waals surface area contributed by atoms with Crippen LogP contribution in [0.15, 0.2) is 23.1 Å². The van der Waals surface area contributed by atoms with E-state index < -0.39 is 25.5 Å². The maximum atomic E-state index is 12.1. The third-order valence-corrected chi connectivity index (χ3v) is 4.90. The molecule has 1 aromatic carbocycles. The molecule has 20 heavy (non-hydrogen) atoms. The number of hydrogen-bond acceptors (Lipinski definition) is 6. The van der Waals surface area contributed by atoms with Crippen molar-refractivity contribution in [2.45, 2.75) is 11.8 Å². The van der Waals surface area contributed by atoms with Crippen molar-refractivity contribution in [3.8, 4) is 0 Å². The fourth-order valence-corrected chi connectivity index (χ4v) is 3.63. The third-order valence-electron chi connectivity index (χ3n) is 2.54. The smallest absolute Gasteiger partial charge is 0.289 e. The Morgan fingerprint density at radius 3 is 2.70 bits per heavy atom. The SMILES string of the molecule is CSCC(C)CNS(=O)(=O)c1cc(N)ccc1[N+](=O)[O-]. The number of sulfonamides is 1. The van der Waals surface area contributed by atoms with Gasteiger partial charge in [-0.1, -0.05) is 6.92 Å². The van der Waals surface area contributed by atoms with E-state index in [9.17, 15) is 18.5 Å². The lowest BCUT2D eigenvalue weighted by Crippen LogP contribution is -2.29. The van der Waals surface area contributed by atoms with Crippen LogP contribution in [-0.2, 0) is 10.0 Å². The van der Waals surface area contributed by atoms with E-state index in [-0.39, 0.29) is 18.2 Å². The van der Waals surface area contributed by atoms with Crippen molar-refractivity contribution in [3.63, 3.8) is 0 Å². The zero-order chi connectivity index (χ0) is 15.3. The lowest BCUT2D eigenvalue weighted by atomic mass is 10.2. The van der Waals surface area contributed by atoms with Gasteiger partial charge in [0.15, 0.2) is 4.90 Å². The number of nitrogens with zero attached hydrogens (tertiary/aromatic N) is 1. The zero-order valence-electron chi connectivity index (χ0n) is 11.2. The maximum absolute atomic E-state index is 12.1. The lowest BCUT2D eigenvalue weighted by Gasteiger charge is -2.12. The molecule has 0 aromatic heterocycles. The number of rotatable bonds is 7. The number of nitrogen functional groups attached to an aromatic ring is 1. The number of nitrogens with two attached hydrogens (primary N) is 1. The first kappa shape index (κ1) is 16.7. The fourth-order valence-electron chi connectivity index (χ4n) is 1.57. The van der Waals surface area contributed by atoms with E-state index in [1.165, 1.54) is 6.07 Å². The molecule has 0 aliphatic carbocycles. The minimum atomic E-state index is -3.95. The van der Waals surface area contributed by atoms with Gasteiger partial charge in [0.1, 0.15) is 0 Å². The Hall–Kier alpha value is -1.32. The van der Waals surface area contributed by atoms with E-state index >= 15 is 0 Å². The van der Waals surface area contributed by atoms with Crippen LogP contribution in [0.4, 0.5) is 11.4 Å². The van der Waals surface area contributed by atoms with Crippen molar-refractivity contribution in [1.29, 1.82) is 0 Å². The van der Waals surface area contributed by atoms with Crippen LogP contribution < -0.4 is 10.5 Å². The van der Waals surface area contributed by atoms with Gasteiger partial charge in [-0.15, -0.1) is 0 Å². The summed E-state index contributed by atoms with van der Waals surface area (Å²) in [7, 11) is -3.95. The van der Waals surface area contributed by atoms with Crippen LogP contribution in [0.1, 0.15) is 6.92 Å². The molecule has 1 atom stereocenters. The highest BCUT2D eigenvalue weighted by molar-refractivity contribution is 7.98. The summed E-state index contributed by atoms with van der Waals surface area (Å²) >= 11 is 1.60. The summed E-state index contributed by atoms with van der Waals surface area (Å²) < 4.78 is 26.7. The van der Waals surface area contributed by atoms with Gasteiger partial charge in [-0.3, -0.25) is 10.1 Å². The monoisotopic (exact) mass is 319 g/mol. The van der Waals surface area contributed by atoms with Gasteiger partial charge in [0, 0.05) is 18.3 Å². The van der Waals surface area contributed by atoms with Gasteiger partial charge < -0.3 is 5.73 Å². The van der Waals surface area contributed by atoms with E-state index in [2.05, 4.69) is 4.72 Å². The van der Waals surface area contributed by atoms with Crippen LogP contribution >= 0.6 is 11.8 Å². The topological polar surface area (TPSA) is 115 Å². The molecule has 0 heterocycles. The summed E-state index contributed by atoms with van der Waals surface area (Å²) in [5, 5.41) is 10.9. The molecule has 0 amide bonds. The molecule has 0 saturated heterocycles. The molecule has 0 aliphatic rings. The van der Waals surface area contributed by atoms with Gasteiger partial charge >= 0.3 is 0 Å². The van der Waals surface area contributed by atoms with E-state index in [4.69, 9.17) is 5.73 Å². The number of anilines is 1. The molecule has 1 unspecified atom stereocenters. The molecule has 1 aromatic rings. The molecule has 0 radical (unpaired) electrons. The van der Waals surface area contributed by atoms with Gasteiger partial charge in [-0.25, -0.2) is 13.1 Å². The molecule has 0 fully saturated rings. The highest BCUT2D eigenvalue weighted by Gasteiger charge is 2.26. The standard InChI is InChI=1S/C11H17N3O4S2/c1-8(7-19-2)6-13-20(17,18)11-5-9(12)3-4-10(11)14(15)16/h3-5,8,13H,6-7,12H2,1-2H3. The largest absolute Gasteiger partial charge is 0.399 e. The number of thioether (sulfide) groups is 1. The Kier molecular flexibility index (Phi) is 5.78. The molecule has 1 rings (SSSR count). The van der Waals surface area contributed by atoms with Crippen molar-refractivity contribution in [3.05, 3.63) is 28.3 Å². The molecule has 3 N–H and O–H groups in total. The highest BCUT2D eigenvalue weighted by atomic mass is 32.2. The molecule has 0 spiro atoms. The summed E-state index contributed by atoms with van der Waals surface area (Å²) in [4.78, 5) is 9.75. The second-order valence-corrected chi connectivity index (χ2v) is 7.04.